The Morgan fingerprint density at radius 1 is 1.47 bits per heavy atom. The maximum absolute atomic E-state index is 8.76. The third kappa shape index (κ3) is 4.29. The Kier molecular flexibility index (Phi) is 5.44. The second-order valence-corrected chi connectivity index (χ2v) is 5.07. The van der Waals surface area contributed by atoms with E-state index in [2.05, 4.69) is 5.16 Å². The summed E-state index contributed by atoms with van der Waals surface area (Å²) < 4.78 is 10.9. The molecule has 1 aromatic carbocycles. The van der Waals surface area contributed by atoms with Gasteiger partial charge < -0.3 is 20.4 Å². The molecule has 0 aliphatic carbocycles. The van der Waals surface area contributed by atoms with Crippen LogP contribution < -0.4 is 10.5 Å². The number of halogens is 1. The van der Waals surface area contributed by atoms with Crippen molar-refractivity contribution in [2.24, 2.45) is 10.9 Å². The van der Waals surface area contributed by atoms with Gasteiger partial charge in [-0.2, -0.15) is 0 Å². The minimum Gasteiger partial charge on any atom is -0.493 e. The van der Waals surface area contributed by atoms with E-state index in [1.165, 1.54) is 0 Å². The average Bonchev–Trinajstić information content (AvgIpc) is 2.38. The van der Waals surface area contributed by atoms with Crippen LogP contribution in [0.5, 0.6) is 5.75 Å². The summed E-state index contributed by atoms with van der Waals surface area (Å²) in [5.41, 5.74) is 5.71. The molecule has 1 rings (SSSR count). The molecule has 0 heterocycles. The molecule has 106 valence electrons. The van der Waals surface area contributed by atoms with Crippen LogP contribution >= 0.6 is 11.6 Å². The summed E-state index contributed by atoms with van der Waals surface area (Å²) in [6.07, 6.45) is 0.700. The van der Waals surface area contributed by atoms with E-state index in [9.17, 15) is 0 Å². The smallest absolute Gasteiger partial charge is 0.175 e. The molecule has 0 saturated carbocycles. The first-order valence-corrected chi connectivity index (χ1v) is 6.23. The van der Waals surface area contributed by atoms with Crippen LogP contribution in [0.3, 0.4) is 0 Å². The lowest BCUT2D eigenvalue weighted by Gasteiger charge is -2.23. The molecule has 5 nitrogen and oxygen atoms in total. The van der Waals surface area contributed by atoms with Crippen LogP contribution in [-0.2, 0) is 4.74 Å². The highest BCUT2D eigenvalue weighted by Crippen LogP contribution is 2.26. The van der Waals surface area contributed by atoms with Gasteiger partial charge in [-0.25, -0.2) is 0 Å². The molecule has 0 amide bonds. The number of hydrogen-bond donors (Lipinski definition) is 2. The Morgan fingerprint density at radius 3 is 2.74 bits per heavy atom. The lowest BCUT2D eigenvalue weighted by Crippen LogP contribution is -2.25. The Morgan fingerprint density at radius 2 is 2.16 bits per heavy atom. The summed E-state index contributed by atoms with van der Waals surface area (Å²) >= 11 is 6.02. The number of nitrogens with two attached hydrogens (primary N) is 1. The Labute approximate surface area is 117 Å². The zero-order valence-corrected chi connectivity index (χ0v) is 12.1. The molecule has 0 fully saturated rings. The van der Waals surface area contributed by atoms with Crippen molar-refractivity contribution in [1.82, 2.24) is 0 Å². The van der Waals surface area contributed by atoms with Crippen molar-refractivity contribution in [2.45, 2.75) is 25.9 Å². The number of oxime groups is 1. The molecule has 19 heavy (non-hydrogen) atoms. The lowest BCUT2D eigenvalue weighted by molar-refractivity contribution is 0.00544. The Hall–Kier alpha value is -1.46. The van der Waals surface area contributed by atoms with Crippen molar-refractivity contribution < 1.29 is 14.7 Å². The highest BCUT2D eigenvalue weighted by atomic mass is 35.5. The van der Waals surface area contributed by atoms with Crippen molar-refractivity contribution in [3.05, 3.63) is 28.8 Å². The Bertz CT molecular complexity index is 461. The highest BCUT2D eigenvalue weighted by Gasteiger charge is 2.18. The van der Waals surface area contributed by atoms with Crippen molar-refractivity contribution >= 4 is 17.4 Å². The molecule has 3 N–H and O–H groups in total. The average molecular weight is 287 g/mol. The van der Waals surface area contributed by atoms with E-state index in [1.807, 2.05) is 13.8 Å². The molecule has 0 radical (unpaired) electrons. The number of amidine groups is 1. The minimum atomic E-state index is -0.269. The monoisotopic (exact) mass is 286 g/mol. The molecule has 1 aromatic rings. The van der Waals surface area contributed by atoms with Crippen molar-refractivity contribution in [3.8, 4) is 5.75 Å². The van der Waals surface area contributed by atoms with Crippen LogP contribution in [0.15, 0.2) is 23.4 Å². The van der Waals surface area contributed by atoms with Gasteiger partial charge in [0.1, 0.15) is 5.75 Å². The van der Waals surface area contributed by atoms with Gasteiger partial charge in [0, 0.05) is 13.5 Å². The molecule has 0 aromatic heterocycles. The quantitative estimate of drug-likeness (QED) is 0.365. The van der Waals surface area contributed by atoms with E-state index in [4.69, 9.17) is 32.0 Å². The fraction of sp³-hybridized carbons (Fsp3) is 0.462. The first-order valence-electron chi connectivity index (χ1n) is 5.85. The largest absolute Gasteiger partial charge is 0.493 e. The first kappa shape index (κ1) is 15.6. The van der Waals surface area contributed by atoms with Crippen LogP contribution in [0, 0.1) is 0 Å². The first-order chi connectivity index (χ1) is 8.91. The standard InChI is InChI=1S/C13H19ClN2O3/c1-13(2,18-3)7-8-19-10-6-4-5-9(14)11(10)12(15)16-17/h4-6,17H,7-8H2,1-3H3,(H2,15,16). The molecule has 0 unspecified atom stereocenters. The van der Waals surface area contributed by atoms with Crippen molar-refractivity contribution in [3.63, 3.8) is 0 Å². The Balaban J connectivity index is 2.82. The van der Waals surface area contributed by atoms with E-state index in [0.717, 1.165) is 0 Å². The molecule has 6 heteroatoms. The summed E-state index contributed by atoms with van der Waals surface area (Å²) in [7, 11) is 1.65. The van der Waals surface area contributed by atoms with Gasteiger partial charge in [0.2, 0.25) is 0 Å². The van der Waals surface area contributed by atoms with Crippen LogP contribution in [0.4, 0.5) is 0 Å². The van der Waals surface area contributed by atoms with E-state index >= 15 is 0 Å². The SMILES string of the molecule is COC(C)(C)CCOc1cccc(Cl)c1/C(N)=N/O. The molecular formula is C13H19ClN2O3. The summed E-state index contributed by atoms with van der Waals surface area (Å²) in [6.45, 7) is 4.38. The fourth-order valence-electron chi connectivity index (χ4n) is 1.43. The van der Waals surface area contributed by atoms with Gasteiger partial charge in [-0.1, -0.05) is 22.8 Å². The second kappa shape index (κ2) is 6.63. The zero-order valence-electron chi connectivity index (χ0n) is 11.3. The third-order valence-electron chi connectivity index (χ3n) is 2.85. The van der Waals surface area contributed by atoms with E-state index in [1.54, 1.807) is 25.3 Å². The molecule has 0 saturated heterocycles. The zero-order chi connectivity index (χ0) is 14.5. The predicted octanol–water partition coefficient (Wildman–Crippen LogP) is 2.63. The van der Waals surface area contributed by atoms with Crippen LogP contribution in [-0.4, -0.2) is 30.4 Å². The molecular weight excluding hydrogens is 268 g/mol. The topological polar surface area (TPSA) is 77.1 Å². The van der Waals surface area contributed by atoms with Gasteiger partial charge in [-0.05, 0) is 26.0 Å². The van der Waals surface area contributed by atoms with Gasteiger partial charge in [0.25, 0.3) is 0 Å². The van der Waals surface area contributed by atoms with Gasteiger partial charge in [0.15, 0.2) is 5.84 Å². The van der Waals surface area contributed by atoms with E-state index in [0.29, 0.717) is 29.4 Å². The summed E-state index contributed by atoms with van der Waals surface area (Å²) in [5.74, 6) is 0.404. The maximum atomic E-state index is 8.76. The van der Waals surface area contributed by atoms with E-state index < -0.39 is 0 Å². The van der Waals surface area contributed by atoms with Gasteiger partial charge in [-0.3, -0.25) is 0 Å². The predicted molar refractivity (Wildman–Crippen MR) is 75.2 cm³/mol. The summed E-state index contributed by atoms with van der Waals surface area (Å²) in [6, 6.07) is 5.12. The molecule has 0 atom stereocenters. The number of ether oxygens (including phenoxy) is 2. The molecule has 0 bridgehead atoms. The fourth-order valence-corrected chi connectivity index (χ4v) is 1.69. The molecule has 0 aliphatic rings. The van der Waals surface area contributed by atoms with Crippen molar-refractivity contribution in [1.29, 1.82) is 0 Å². The van der Waals surface area contributed by atoms with Gasteiger partial charge in [0.05, 0.1) is 22.8 Å². The van der Waals surface area contributed by atoms with Crippen LogP contribution in [0.25, 0.3) is 0 Å². The summed E-state index contributed by atoms with van der Waals surface area (Å²) in [5, 5.41) is 12.1. The minimum absolute atomic E-state index is 0.0772. The normalized spacial score (nSPS) is 12.5. The lowest BCUT2D eigenvalue weighted by atomic mass is 10.1. The van der Waals surface area contributed by atoms with E-state index in [-0.39, 0.29) is 11.4 Å². The maximum Gasteiger partial charge on any atom is 0.175 e. The van der Waals surface area contributed by atoms with Gasteiger partial charge >= 0.3 is 0 Å². The number of nitrogens with zero attached hydrogens (tertiary/aromatic N) is 1. The molecule has 0 aliphatic heterocycles. The third-order valence-corrected chi connectivity index (χ3v) is 3.17. The number of benzene rings is 1. The van der Waals surface area contributed by atoms with Crippen LogP contribution in [0.1, 0.15) is 25.8 Å². The molecule has 0 spiro atoms. The second-order valence-electron chi connectivity index (χ2n) is 4.66. The highest BCUT2D eigenvalue weighted by molar-refractivity contribution is 6.34. The van der Waals surface area contributed by atoms with Crippen LogP contribution in [0.2, 0.25) is 5.02 Å². The van der Waals surface area contributed by atoms with Gasteiger partial charge in [-0.15, -0.1) is 0 Å². The number of methoxy groups -OCH3 is 1. The van der Waals surface area contributed by atoms with Crippen molar-refractivity contribution in [2.75, 3.05) is 13.7 Å². The summed E-state index contributed by atoms with van der Waals surface area (Å²) in [4.78, 5) is 0. The number of rotatable bonds is 6. The number of hydrogen-bond acceptors (Lipinski definition) is 4.